The topological polar surface area (TPSA) is 39.1 Å². The summed E-state index contributed by atoms with van der Waals surface area (Å²) in [6.07, 6.45) is 0. The van der Waals surface area contributed by atoms with Gasteiger partial charge in [0, 0.05) is 296 Å². The monoisotopic (exact) mass is 903 g/mol. The molecule has 2 heterocycles. The first-order chi connectivity index (χ1) is 35.7. The average molecular weight is 904 g/mol. The molecule has 2 aromatic heterocycles. The Balaban J connectivity index is 1.21. The summed E-state index contributed by atoms with van der Waals surface area (Å²) in [7, 11) is 0. The lowest BCUT2D eigenvalue weighted by atomic mass is 9.84. The Labute approximate surface area is 394 Å². The van der Waals surface area contributed by atoms with Gasteiger partial charge >= 0.3 is 0 Å². The zero-order valence-electron chi connectivity index (χ0n) is 36.7. The molecule has 0 atom stereocenters. The summed E-state index contributed by atoms with van der Waals surface area (Å²) in [6, 6.07) is 8.89. The molecule has 31 aromatic rings. The summed E-state index contributed by atoms with van der Waals surface area (Å²) < 4.78 is 4.63. The van der Waals surface area contributed by atoms with Gasteiger partial charge in [-0.3, -0.25) is 9.59 Å². The van der Waals surface area contributed by atoms with Crippen LogP contribution < -0.4 is 11.0 Å². The number of nitrogens with zero attached hydrogens (tertiary/aromatic N) is 1. The van der Waals surface area contributed by atoms with Gasteiger partial charge in [-0.15, -0.1) is 11.3 Å². The highest BCUT2D eigenvalue weighted by molar-refractivity contribution is 7.27. The van der Waals surface area contributed by atoms with Gasteiger partial charge in [0.2, 0.25) is 0 Å². The highest BCUT2D eigenvalue weighted by atomic mass is 32.1. The summed E-state index contributed by atoms with van der Waals surface area (Å²) >= 11 is 1.88. The molecule has 0 aliphatic heterocycles. The Hall–Kier alpha value is -8.96. The minimum absolute atomic E-state index is 0.103. The van der Waals surface area contributed by atoms with Crippen LogP contribution >= 0.6 is 11.3 Å². The molecule has 0 unspecified atom stereocenters. The molecule has 0 N–H and O–H groups in total. The van der Waals surface area contributed by atoms with Crippen LogP contribution in [0.15, 0.2) is 33.9 Å². The number of benzene rings is 19. The summed E-state index contributed by atoms with van der Waals surface area (Å²) in [4.78, 5) is 34.2. The number of aryl methyl sites for hydroxylation is 1. The van der Waals surface area contributed by atoms with Crippen LogP contribution in [0.2, 0.25) is 0 Å². The van der Waals surface area contributed by atoms with E-state index in [9.17, 15) is 0 Å². The van der Waals surface area contributed by atoms with Crippen molar-refractivity contribution in [1.82, 2.24) is 4.57 Å². The molecule has 29 aromatic carbocycles. The van der Waals surface area contributed by atoms with Gasteiger partial charge in [0.05, 0.1) is 22.1 Å². The lowest BCUT2D eigenvalue weighted by Gasteiger charge is -2.23. The second-order valence-corrected chi connectivity index (χ2v) is 26.0. The van der Waals surface area contributed by atoms with Gasteiger partial charge in [-0.25, -0.2) is 0 Å². The predicted octanol–water partition coefficient (Wildman–Crippen LogP) is 18.2. The Morgan fingerprint density at radius 2 is 0.583 bits per heavy atom. The van der Waals surface area contributed by atoms with Gasteiger partial charge in [-0.1, -0.05) is 29.8 Å². The fraction of sp³-hybridized carbons (Fsp3) is 0.0294. The van der Waals surface area contributed by atoms with Gasteiger partial charge in [-0.05, 0) is 12.5 Å². The van der Waals surface area contributed by atoms with Crippen LogP contribution in [0.4, 0.5) is 0 Å². The second-order valence-electron chi connectivity index (χ2n) is 24.9. The van der Waals surface area contributed by atoms with Crippen molar-refractivity contribution >= 4 is 322 Å². The standard InChI is InChI=1S/C68H9NO2S/c1-7-3-2-4-8(5-7)6-69-64-58-49-40-33-23-17-11-12-10-9-13-14(11)20-26-19(13)25-21-15(9)22-16(10)27-28(18(12)23)38-44(33)53(49)61-57-47(38)37(27)43-31(22)32-30(21)42-35(25)41-36(26)45-39-29(20)24(17)34(40)46(39)56(58)62(68(69)71)54(45)50(41)59-51(42)55-48(32)52(43)60(57)66(72-67(61)64)63(55)65(59)70/h2-5H,6H2,1H3. The number of fused-ring (bicyclic) bond motifs is 5. The normalized spacial score (nSPS) is 16.6. The van der Waals surface area contributed by atoms with E-state index in [2.05, 4.69) is 35.8 Å². The highest BCUT2D eigenvalue weighted by Crippen LogP contribution is 2.78. The fourth-order valence-electron chi connectivity index (χ4n) is 22.9. The maximum absolute atomic E-state index is 17.2. The maximum Gasteiger partial charge on any atom is 0.259 e. The van der Waals surface area contributed by atoms with E-state index in [1.165, 1.54) is 258 Å². The molecule has 304 valence electrons. The minimum Gasteiger partial charge on any atom is -0.302 e. The van der Waals surface area contributed by atoms with Crippen molar-refractivity contribution < 1.29 is 0 Å². The van der Waals surface area contributed by atoms with Crippen LogP contribution in [0, 0.1) is 6.92 Å². The van der Waals surface area contributed by atoms with E-state index >= 15 is 9.59 Å². The van der Waals surface area contributed by atoms with Crippen molar-refractivity contribution in [3.05, 3.63) is 56.0 Å². The van der Waals surface area contributed by atoms with Crippen molar-refractivity contribution in [2.45, 2.75) is 13.5 Å². The Morgan fingerprint density at radius 3 is 0.958 bits per heavy atom. The van der Waals surface area contributed by atoms with Gasteiger partial charge in [-0.2, -0.15) is 0 Å². The van der Waals surface area contributed by atoms with Crippen molar-refractivity contribution in [3.8, 4) is 0 Å². The first kappa shape index (κ1) is 28.0. The zero-order chi connectivity index (χ0) is 43.6. The van der Waals surface area contributed by atoms with E-state index in [4.69, 9.17) is 0 Å². The molecule has 0 amide bonds. The molecule has 0 saturated carbocycles. The molecule has 3 nitrogen and oxygen atoms in total. The van der Waals surface area contributed by atoms with Crippen LogP contribution in [0.3, 0.4) is 0 Å². The number of hydrogen-bond acceptors (Lipinski definition) is 3. The van der Waals surface area contributed by atoms with Crippen molar-refractivity contribution in [2.24, 2.45) is 0 Å². The van der Waals surface area contributed by atoms with Crippen molar-refractivity contribution in [2.75, 3.05) is 0 Å². The summed E-state index contributed by atoms with van der Waals surface area (Å²) in [6.45, 7) is 2.67. The van der Waals surface area contributed by atoms with Crippen LogP contribution in [0.5, 0.6) is 0 Å². The largest absolute Gasteiger partial charge is 0.302 e. The average Bonchev–Trinajstić information content (AvgIpc) is 4.28. The lowest BCUT2D eigenvalue weighted by Crippen LogP contribution is -2.22. The van der Waals surface area contributed by atoms with Crippen molar-refractivity contribution in [1.29, 1.82) is 0 Å². The minimum atomic E-state index is 0.103. The molecule has 0 fully saturated rings. The SMILES string of the molecule is Cc1cccc(Cn2c(=O)c3c4c5c6c(=O)c7c8sc9c%10c%11c8c8c%12c7c6c6c7c5c5c4c4c%13c3c(c3c%10c%10c%14c%11c%11c8c8c%12c6c6c7c7c5c5c4c4c%13c3c%10c3c4c4c5c7c5c6c8c6c%11c%14c3c4c65)c92)c1. The summed E-state index contributed by atoms with van der Waals surface area (Å²) in [5.74, 6) is 0. The Kier molecular flexibility index (Phi) is 2.60. The maximum atomic E-state index is 17.2. The van der Waals surface area contributed by atoms with E-state index in [0.29, 0.717) is 6.54 Å². The molecule has 31 rings (SSSR count). The number of hydrogen-bond donors (Lipinski definition) is 0. The Morgan fingerprint density at radius 1 is 0.306 bits per heavy atom. The van der Waals surface area contributed by atoms with Crippen LogP contribution in [0.25, 0.3) is 311 Å². The van der Waals surface area contributed by atoms with E-state index in [-0.39, 0.29) is 11.0 Å². The van der Waals surface area contributed by atoms with Crippen LogP contribution in [-0.4, -0.2) is 4.57 Å². The van der Waals surface area contributed by atoms with Gasteiger partial charge in [0.1, 0.15) is 0 Å². The third-order valence-electron chi connectivity index (χ3n) is 23.7. The molecule has 0 aliphatic carbocycles. The molecule has 0 bridgehead atoms. The number of rotatable bonds is 2. The molecular weight excluding hydrogens is 895 g/mol. The quantitative estimate of drug-likeness (QED) is 0.128. The first-order valence-corrected chi connectivity index (χ1v) is 26.8. The number of pyridine rings is 1. The fourth-order valence-corrected chi connectivity index (χ4v) is 24.3. The third kappa shape index (κ3) is 1.65. The van der Waals surface area contributed by atoms with Crippen LogP contribution in [-0.2, 0) is 6.54 Å². The number of aromatic nitrogens is 1. The van der Waals surface area contributed by atoms with Gasteiger partial charge < -0.3 is 4.57 Å². The second kappa shape index (κ2) is 6.68. The smallest absolute Gasteiger partial charge is 0.259 e. The van der Waals surface area contributed by atoms with E-state index in [0.717, 1.165) is 42.7 Å². The first-order valence-electron chi connectivity index (χ1n) is 26.0. The lowest BCUT2D eigenvalue weighted by molar-refractivity contribution is 0.806. The summed E-state index contributed by atoms with van der Waals surface area (Å²) in [5, 5.41) is 76.7. The van der Waals surface area contributed by atoms with Gasteiger partial charge in [0.25, 0.3) is 5.56 Å². The summed E-state index contributed by atoms with van der Waals surface area (Å²) in [5.41, 5.74) is 3.75. The van der Waals surface area contributed by atoms with Gasteiger partial charge in [0.15, 0.2) is 5.43 Å². The molecular formula is C68H9NO2S. The molecule has 0 saturated heterocycles. The van der Waals surface area contributed by atoms with Crippen LogP contribution in [0.1, 0.15) is 11.1 Å². The van der Waals surface area contributed by atoms with E-state index in [1.54, 1.807) is 21.5 Å². The third-order valence-corrected chi connectivity index (χ3v) is 24.9. The highest BCUT2D eigenvalue weighted by Gasteiger charge is 2.49. The van der Waals surface area contributed by atoms with E-state index in [1.807, 2.05) is 11.3 Å². The molecule has 0 aliphatic rings. The molecule has 0 spiro atoms. The molecule has 4 heteroatoms. The van der Waals surface area contributed by atoms with E-state index < -0.39 is 0 Å². The Bertz CT molecular complexity index is 8010. The molecule has 0 radical (unpaired) electrons. The molecule has 72 heavy (non-hydrogen) atoms. The predicted molar refractivity (Wildman–Crippen MR) is 308 cm³/mol. The zero-order valence-corrected chi connectivity index (χ0v) is 37.5. The van der Waals surface area contributed by atoms with Crippen molar-refractivity contribution in [3.63, 3.8) is 0 Å².